The lowest BCUT2D eigenvalue weighted by molar-refractivity contribution is 0.0938. The molecule has 1 aromatic heterocycles. The molecule has 2 N–H and O–H groups in total. The van der Waals surface area contributed by atoms with Crippen molar-refractivity contribution in [3.8, 4) is 11.8 Å². The maximum atomic E-state index is 12.1. The number of carbonyl (C=O) groups is 1. The van der Waals surface area contributed by atoms with Gasteiger partial charge in [-0.15, -0.1) is 0 Å². The molecule has 0 aliphatic rings. The fraction of sp³-hybridized carbons (Fsp3) is 0.429. The molecule has 0 aliphatic heterocycles. The number of carbonyl (C=O) groups excluding carboxylic acids is 1. The minimum atomic E-state index is -0.971. The molecule has 1 rings (SSSR count). The van der Waals surface area contributed by atoms with Gasteiger partial charge in [0.25, 0.3) is 5.91 Å². The van der Waals surface area contributed by atoms with Crippen LogP contribution in [0.3, 0.4) is 0 Å². The second-order valence-corrected chi connectivity index (χ2v) is 5.77. The van der Waals surface area contributed by atoms with Crippen LogP contribution in [0.5, 0.6) is 0 Å². The number of hydrogen-bond acceptors (Lipinski definition) is 4. The van der Waals surface area contributed by atoms with Crippen LogP contribution in [0.25, 0.3) is 0 Å². The number of nitrogens with zero attached hydrogens (tertiary/aromatic N) is 1. The van der Waals surface area contributed by atoms with Gasteiger partial charge in [0.2, 0.25) is 0 Å². The SMILES string of the molecule is CC(CS(C)=O)NC(=O)c1ncccc1C#CCCO. The van der Waals surface area contributed by atoms with E-state index in [4.69, 9.17) is 5.11 Å². The summed E-state index contributed by atoms with van der Waals surface area (Å²) >= 11 is 0. The van der Waals surface area contributed by atoms with Gasteiger partial charge in [0.05, 0.1) is 12.2 Å². The predicted octanol–water partition coefficient (Wildman–Crippen LogP) is 0.312. The Hall–Kier alpha value is -1.71. The standard InChI is InChI=1S/C14H18N2O3S/c1-11(10-20(2)19)16-14(18)13-12(6-3-4-9-17)7-5-8-15-13/h5,7-8,11,17H,4,9-10H2,1-2H3,(H,16,18). The highest BCUT2D eigenvalue weighted by molar-refractivity contribution is 7.84. The van der Waals surface area contributed by atoms with E-state index in [1.165, 1.54) is 6.20 Å². The molecular weight excluding hydrogens is 276 g/mol. The molecule has 0 aromatic carbocycles. The van der Waals surface area contributed by atoms with Crippen molar-refractivity contribution in [1.82, 2.24) is 10.3 Å². The lowest BCUT2D eigenvalue weighted by atomic mass is 10.1. The first-order chi connectivity index (χ1) is 9.54. The molecule has 0 saturated heterocycles. The van der Waals surface area contributed by atoms with Crippen LogP contribution >= 0.6 is 0 Å². The summed E-state index contributed by atoms with van der Waals surface area (Å²) in [6, 6.07) is 3.20. The van der Waals surface area contributed by atoms with Gasteiger partial charge in [-0.1, -0.05) is 11.8 Å². The first kappa shape index (κ1) is 16.3. The van der Waals surface area contributed by atoms with Gasteiger partial charge in [0.1, 0.15) is 5.69 Å². The molecule has 1 amide bonds. The Balaban J connectivity index is 2.83. The van der Waals surface area contributed by atoms with E-state index in [-0.39, 0.29) is 24.2 Å². The van der Waals surface area contributed by atoms with Crippen molar-refractivity contribution in [3.05, 3.63) is 29.6 Å². The summed E-state index contributed by atoms with van der Waals surface area (Å²) < 4.78 is 11.1. The molecule has 6 heteroatoms. The van der Waals surface area contributed by atoms with Gasteiger partial charge in [0.15, 0.2) is 0 Å². The van der Waals surface area contributed by atoms with Crippen LogP contribution in [-0.2, 0) is 10.8 Å². The first-order valence-electron chi connectivity index (χ1n) is 6.20. The maximum absolute atomic E-state index is 12.1. The highest BCUT2D eigenvalue weighted by Gasteiger charge is 2.14. The lowest BCUT2D eigenvalue weighted by Crippen LogP contribution is -2.37. The number of aliphatic hydroxyl groups excluding tert-OH is 1. The zero-order valence-electron chi connectivity index (χ0n) is 11.5. The third kappa shape index (κ3) is 5.51. The van der Waals surface area contributed by atoms with Gasteiger partial charge < -0.3 is 10.4 Å². The second kappa shape index (κ2) is 8.46. The normalized spacial score (nSPS) is 12.9. The van der Waals surface area contributed by atoms with E-state index in [9.17, 15) is 9.00 Å². The fourth-order valence-corrected chi connectivity index (χ4v) is 2.37. The zero-order valence-corrected chi connectivity index (χ0v) is 12.4. The molecule has 20 heavy (non-hydrogen) atoms. The van der Waals surface area contributed by atoms with Gasteiger partial charge in [-0.25, -0.2) is 4.98 Å². The molecule has 0 aliphatic carbocycles. The molecule has 0 fully saturated rings. The van der Waals surface area contributed by atoms with E-state index in [1.54, 1.807) is 25.3 Å². The molecule has 1 heterocycles. The lowest BCUT2D eigenvalue weighted by Gasteiger charge is -2.12. The summed E-state index contributed by atoms with van der Waals surface area (Å²) in [5, 5.41) is 11.4. The number of pyridine rings is 1. The van der Waals surface area contributed by atoms with Crippen molar-refractivity contribution in [2.75, 3.05) is 18.6 Å². The summed E-state index contributed by atoms with van der Waals surface area (Å²) in [7, 11) is -0.971. The molecule has 108 valence electrons. The quantitative estimate of drug-likeness (QED) is 0.766. The van der Waals surface area contributed by atoms with Crippen LogP contribution < -0.4 is 5.32 Å². The van der Waals surface area contributed by atoms with Crippen molar-refractivity contribution in [1.29, 1.82) is 0 Å². The van der Waals surface area contributed by atoms with Crippen LogP contribution in [-0.4, -0.2) is 44.9 Å². The maximum Gasteiger partial charge on any atom is 0.271 e. The third-order valence-electron chi connectivity index (χ3n) is 2.34. The number of rotatable bonds is 5. The number of aliphatic hydroxyl groups is 1. The van der Waals surface area contributed by atoms with Gasteiger partial charge in [-0.2, -0.15) is 0 Å². The molecule has 2 unspecified atom stereocenters. The minimum Gasteiger partial charge on any atom is -0.395 e. The van der Waals surface area contributed by atoms with Crippen molar-refractivity contribution >= 4 is 16.7 Å². The molecule has 5 nitrogen and oxygen atoms in total. The Morgan fingerprint density at radius 1 is 1.60 bits per heavy atom. The van der Waals surface area contributed by atoms with Crippen LogP contribution in [0.4, 0.5) is 0 Å². The van der Waals surface area contributed by atoms with E-state index >= 15 is 0 Å². The smallest absolute Gasteiger partial charge is 0.271 e. The van der Waals surface area contributed by atoms with Crippen molar-refractivity contribution in [2.45, 2.75) is 19.4 Å². The van der Waals surface area contributed by atoms with Crippen LogP contribution in [0.2, 0.25) is 0 Å². The average Bonchev–Trinajstić information content (AvgIpc) is 2.38. The van der Waals surface area contributed by atoms with E-state index in [0.717, 1.165) is 0 Å². The average molecular weight is 294 g/mol. The number of amides is 1. The fourth-order valence-electron chi connectivity index (χ4n) is 1.59. The summed E-state index contributed by atoms with van der Waals surface area (Å²) in [4.78, 5) is 16.1. The molecule has 0 bridgehead atoms. The Morgan fingerprint density at radius 3 is 3.00 bits per heavy atom. The zero-order chi connectivity index (χ0) is 15.0. The largest absolute Gasteiger partial charge is 0.395 e. The highest BCUT2D eigenvalue weighted by Crippen LogP contribution is 2.04. The van der Waals surface area contributed by atoms with Crippen LogP contribution in [0.1, 0.15) is 29.4 Å². The van der Waals surface area contributed by atoms with Gasteiger partial charge in [-0.3, -0.25) is 9.00 Å². The van der Waals surface area contributed by atoms with Crippen molar-refractivity contribution in [3.63, 3.8) is 0 Å². The summed E-state index contributed by atoms with van der Waals surface area (Å²) in [5.74, 6) is 5.64. The van der Waals surface area contributed by atoms with E-state index in [1.807, 2.05) is 0 Å². The summed E-state index contributed by atoms with van der Waals surface area (Å²) in [6.45, 7) is 1.77. The minimum absolute atomic E-state index is 0.0197. The van der Waals surface area contributed by atoms with Gasteiger partial charge in [0, 0.05) is 41.5 Å². The number of aromatic nitrogens is 1. The van der Waals surface area contributed by atoms with E-state index in [2.05, 4.69) is 22.1 Å². The predicted molar refractivity (Wildman–Crippen MR) is 78.7 cm³/mol. The van der Waals surface area contributed by atoms with Crippen LogP contribution in [0, 0.1) is 11.8 Å². The van der Waals surface area contributed by atoms with Gasteiger partial charge in [-0.05, 0) is 19.1 Å². The summed E-state index contributed by atoms with van der Waals surface area (Å²) in [5.41, 5.74) is 0.759. The Bertz CT molecular complexity index is 549. The van der Waals surface area contributed by atoms with Crippen molar-refractivity contribution in [2.24, 2.45) is 0 Å². The topological polar surface area (TPSA) is 79.3 Å². The highest BCUT2D eigenvalue weighted by atomic mass is 32.2. The van der Waals surface area contributed by atoms with Gasteiger partial charge >= 0.3 is 0 Å². The monoisotopic (exact) mass is 294 g/mol. The first-order valence-corrected chi connectivity index (χ1v) is 7.93. The number of hydrogen-bond donors (Lipinski definition) is 2. The molecule has 2 atom stereocenters. The molecule has 0 radical (unpaired) electrons. The Morgan fingerprint density at radius 2 is 2.35 bits per heavy atom. The van der Waals surface area contributed by atoms with E-state index in [0.29, 0.717) is 17.7 Å². The molecule has 0 saturated carbocycles. The van der Waals surface area contributed by atoms with E-state index < -0.39 is 10.8 Å². The molecule has 0 spiro atoms. The third-order valence-corrected chi connectivity index (χ3v) is 3.31. The second-order valence-electron chi connectivity index (χ2n) is 4.29. The van der Waals surface area contributed by atoms with Crippen molar-refractivity contribution < 1.29 is 14.1 Å². The summed E-state index contributed by atoms with van der Waals surface area (Å²) in [6.07, 6.45) is 3.46. The Kier molecular flexibility index (Phi) is 6.91. The van der Waals surface area contributed by atoms with Crippen LogP contribution in [0.15, 0.2) is 18.3 Å². The Labute approximate surface area is 121 Å². The molecule has 1 aromatic rings. The number of nitrogens with one attached hydrogen (secondary N) is 1. The molecular formula is C14H18N2O3S.